The molecule has 0 fully saturated rings. The summed E-state index contributed by atoms with van der Waals surface area (Å²) in [4.78, 5) is 29.7. The number of hydrogen-bond donors (Lipinski definition) is 1. The van der Waals surface area contributed by atoms with E-state index >= 15 is 0 Å². The topological polar surface area (TPSA) is 58.6 Å². The van der Waals surface area contributed by atoms with E-state index in [2.05, 4.69) is 5.32 Å². The molecule has 0 unspecified atom stereocenters. The SMILES string of the molecule is COCCN1C(=O)c2ccccc2[C@@H](C(=O)Nc2ccc(C)cc2Cl)[C@@H]1c1cccs1. The van der Waals surface area contributed by atoms with E-state index in [1.807, 2.05) is 54.8 Å². The maximum Gasteiger partial charge on any atom is 0.254 e. The van der Waals surface area contributed by atoms with Crippen LogP contribution in [0.1, 0.15) is 38.3 Å². The minimum absolute atomic E-state index is 0.0940. The molecule has 3 aromatic rings. The lowest BCUT2D eigenvalue weighted by Crippen LogP contribution is -2.47. The number of nitrogens with one attached hydrogen (secondary N) is 1. The van der Waals surface area contributed by atoms with Crippen LogP contribution in [-0.2, 0) is 9.53 Å². The van der Waals surface area contributed by atoms with Crippen LogP contribution in [0.2, 0.25) is 5.02 Å². The minimum atomic E-state index is -0.582. The highest BCUT2D eigenvalue weighted by atomic mass is 35.5. The van der Waals surface area contributed by atoms with Crippen molar-refractivity contribution in [3.63, 3.8) is 0 Å². The maximum atomic E-state index is 13.7. The molecule has 1 aliphatic rings. The van der Waals surface area contributed by atoms with Gasteiger partial charge in [0, 0.05) is 24.1 Å². The third-order valence-corrected chi connectivity index (χ3v) is 6.73. The van der Waals surface area contributed by atoms with Crippen molar-refractivity contribution in [3.05, 3.63) is 86.6 Å². The maximum absolute atomic E-state index is 13.7. The van der Waals surface area contributed by atoms with E-state index in [4.69, 9.17) is 16.3 Å². The number of amides is 2. The van der Waals surface area contributed by atoms with Crippen molar-refractivity contribution in [3.8, 4) is 0 Å². The molecule has 0 radical (unpaired) electrons. The number of thiophene rings is 1. The summed E-state index contributed by atoms with van der Waals surface area (Å²) < 4.78 is 5.26. The van der Waals surface area contributed by atoms with Crippen molar-refractivity contribution in [2.45, 2.75) is 18.9 Å². The Hall–Kier alpha value is -2.67. The molecule has 0 spiro atoms. The van der Waals surface area contributed by atoms with Gasteiger partial charge in [-0.05, 0) is 47.7 Å². The summed E-state index contributed by atoms with van der Waals surface area (Å²) in [5.41, 5.74) is 2.83. The lowest BCUT2D eigenvalue weighted by Gasteiger charge is -2.41. The number of fused-ring (bicyclic) bond motifs is 1. The highest BCUT2D eigenvalue weighted by Gasteiger charge is 2.44. The van der Waals surface area contributed by atoms with Gasteiger partial charge in [0.05, 0.1) is 29.3 Å². The number of hydrogen-bond acceptors (Lipinski definition) is 4. The number of nitrogens with zero attached hydrogens (tertiary/aromatic N) is 1. The number of benzene rings is 2. The fourth-order valence-corrected chi connectivity index (χ4v) is 5.17. The second-order valence-corrected chi connectivity index (χ2v) is 8.88. The largest absolute Gasteiger partial charge is 0.383 e. The van der Waals surface area contributed by atoms with E-state index in [9.17, 15) is 9.59 Å². The number of rotatable bonds is 6. The molecule has 1 aliphatic heterocycles. The van der Waals surface area contributed by atoms with E-state index in [1.54, 1.807) is 24.1 Å². The standard InChI is InChI=1S/C24H23ClN2O3S/c1-15-9-10-19(18(25)14-15)26-23(28)21-16-6-3-4-7-17(16)24(29)27(11-12-30-2)22(21)20-8-5-13-31-20/h3-10,13-14,21-22H,11-12H2,1-2H3,(H,26,28)/t21-,22+/m1/s1. The molecule has 160 valence electrons. The summed E-state index contributed by atoms with van der Waals surface area (Å²) >= 11 is 7.91. The van der Waals surface area contributed by atoms with Gasteiger partial charge in [0.2, 0.25) is 5.91 Å². The molecule has 0 aliphatic carbocycles. The molecule has 2 amide bonds. The van der Waals surface area contributed by atoms with Gasteiger partial charge in [-0.2, -0.15) is 0 Å². The predicted octanol–water partition coefficient (Wildman–Crippen LogP) is 5.28. The van der Waals surface area contributed by atoms with Gasteiger partial charge in [-0.3, -0.25) is 9.59 Å². The molecular weight excluding hydrogens is 432 g/mol. The first-order valence-electron chi connectivity index (χ1n) is 10.0. The Kier molecular flexibility index (Phi) is 6.41. The lowest BCUT2D eigenvalue weighted by atomic mass is 9.81. The van der Waals surface area contributed by atoms with Crippen molar-refractivity contribution >= 4 is 40.4 Å². The second kappa shape index (κ2) is 9.22. The summed E-state index contributed by atoms with van der Waals surface area (Å²) in [6.45, 7) is 2.72. The number of carbonyl (C=O) groups is 2. The molecule has 0 saturated carbocycles. The molecule has 4 rings (SSSR count). The first kappa shape index (κ1) is 21.6. The fourth-order valence-electron chi connectivity index (χ4n) is 4.02. The molecule has 31 heavy (non-hydrogen) atoms. The van der Waals surface area contributed by atoms with Crippen LogP contribution < -0.4 is 5.32 Å². The molecule has 1 N–H and O–H groups in total. The smallest absolute Gasteiger partial charge is 0.254 e. The van der Waals surface area contributed by atoms with E-state index in [1.165, 1.54) is 11.3 Å². The normalized spacial score (nSPS) is 18.0. The van der Waals surface area contributed by atoms with Gasteiger partial charge in [0.25, 0.3) is 5.91 Å². The lowest BCUT2D eigenvalue weighted by molar-refractivity contribution is -0.119. The van der Waals surface area contributed by atoms with Gasteiger partial charge in [0.1, 0.15) is 0 Å². The van der Waals surface area contributed by atoms with Gasteiger partial charge >= 0.3 is 0 Å². The number of aryl methyl sites for hydroxylation is 1. The summed E-state index contributed by atoms with van der Waals surface area (Å²) in [6, 6.07) is 16.3. The van der Waals surface area contributed by atoms with E-state index in [-0.39, 0.29) is 11.8 Å². The first-order valence-corrected chi connectivity index (χ1v) is 11.3. The highest BCUT2D eigenvalue weighted by molar-refractivity contribution is 7.10. The number of anilines is 1. The zero-order valence-corrected chi connectivity index (χ0v) is 18.9. The Balaban J connectivity index is 1.80. The Labute approximate surface area is 190 Å². The van der Waals surface area contributed by atoms with Crippen LogP contribution in [0.25, 0.3) is 0 Å². The molecular formula is C24H23ClN2O3S. The van der Waals surface area contributed by atoms with E-state index in [0.29, 0.717) is 29.4 Å². The number of methoxy groups -OCH3 is 1. The predicted molar refractivity (Wildman–Crippen MR) is 124 cm³/mol. The third-order valence-electron chi connectivity index (χ3n) is 5.47. The summed E-state index contributed by atoms with van der Waals surface area (Å²) in [5, 5.41) is 5.44. The molecule has 7 heteroatoms. The molecule has 5 nitrogen and oxygen atoms in total. The van der Waals surface area contributed by atoms with Crippen molar-refractivity contribution < 1.29 is 14.3 Å². The average molecular weight is 455 g/mol. The molecule has 2 atom stereocenters. The summed E-state index contributed by atoms with van der Waals surface area (Å²) in [5.74, 6) is -0.878. The molecule has 0 bridgehead atoms. The van der Waals surface area contributed by atoms with Gasteiger partial charge in [-0.25, -0.2) is 0 Å². The first-order chi connectivity index (χ1) is 15.0. The quantitative estimate of drug-likeness (QED) is 0.551. The van der Waals surface area contributed by atoms with Gasteiger partial charge < -0.3 is 15.0 Å². The number of carbonyl (C=O) groups excluding carboxylic acids is 2. The van der Waals surface area contributed by atoms with E-state index < -0.39 is 12.0 Å². The summed E-state index contributed by atoms with van der Waals surface area (Å²) in [6.07, 6.45) is 0. The fraction of sp³-hybridized carbons (Fsp3) is 0.250. The second-order valence-electron chi connectivity index (χ2n) is 7.49. The van der Waals surface area contributed by atoms with Gasteiger partial charge in [0.15, 0.2) is 0 Å². The van der Waals surface area contributed by atoms with Crippen LogP contribution in [0, 0.1) is 6.92 Å². The highest BCUT2D eigenvalue weighted by Crippen LogP contribution is 2.44. The number of ether oxygens (including phenoxy) is 1. The van der Waals surface area contributed by atoms with Crippen LogP contribution >= 0.6 is 22.9 Å². The van der Waals surface area contributed by atoms with Crippen LogP contribution in [0.15, 0.2) is 60.0 Å². The van der Waals surface area contributed by atoms with E-state index in [0.717, 1.165) is 16.0 Å². The Morgan fingerprint density at radius 3 is 2.71 bits per heavy atom. The average Bonchev–Trinajstić information content (AvgIpc) is 3.29. The van der Waals surface area contributed by atoms with Crippen molar-refractivity contribution in [2.75, 3.05) is 25.6 Å². The zero-order valence-electron chi connectivity index (χ0n) is 17.3. The molecule has 0 saturated heterocycles. The van der Waals surface area contributed by atoms with Crippen molar-refractivity contribution in [2.24, 2.45) is 0 Å². The number of halogens is 1. The third kappa shape index (κ3) is 4.24. The van der Waals surface area contributed by atoms with Crippen molar-refractivity contribution in [1.29, 1.82) is 0 Å². The zero-order chi connectivity index (χ0) is 22.0. The monoisotopic (exact) mass is 454 g/mol. The molecule has 2 aromatic carbocycles. The summed E-state index contributed by atoms with van der Waals surface area (Å²) in [7, 11) is 1.60. The Morgan fingerprint density at radius 1 is 1.19 bits per heavy atom. The Bertz CT molecular complexity index is 1100. The van der Waals surface area contributed by atoms with Crippen LogP contribution in [0.3, 0.4) is 0 Å². The Morgan fingerprint density at radius 2 is 2.00 bits per heavy atom. The van der Waals surface area contributed by atoms with Crippen molar-refractivity contribution in [1.82, 2.24) is 4.90 Å². The van der Waals surface area contributed by atoms with Crippen LogP contribution in [0.4, 0.5) is 5.69 Å². The van der Waals surface area contributed by atoms with Gasteiger partial charge in [-0.1, -0.05) is 41.9 Å². The minimum Gasteiger partial charge on any atom is -0.383 e. The van der Waals surface area contributed by atoms with Gasteiger partial charge in [-0.15, -0.1) is 11.3 Å². The molecule has 2 heterocycles. The molecule has 1 aromatic heterocycles. The van der Waals surface area contributed by atoms with Crippen LogP contribution in [-0.4, -0.2) is 37.0 Å². The van der Waals surface area contributed by atoms with Crippen LogP contribution in [0.5, 0.6) is 0 Å².